The summed E-state index contributed by atoms with van der Waals surface area (Å²) in [6.07, 6.45) is 1.13. The predicted octanol–water partition coefficient (Wildman–Crippen LogP) is 3.38. The fourth-order valence-corrected chi connectivity index (χ4v) is 4.85. The van der Waals surface area contributed by atoms with Crippen LogP contribution in [0.5, 0.6) is 0 Å². The maximum Gasteiger partial charge on any atom is 0.245 e. The predicted molar refractivity (Wildman–Crippen MR) is 108 cm³/mol. The van der Waals surface area contributed by atoms with Crippen LogP contribution in [0, 0.1) is 23.0 Å². The number of nitrogens with one attached hydrogen (secondary N) is 1. The maximum atomic E-state index is 14.2. The Balaban J connectivity index is 1.88. The third-order valence-electron chi connectivity index (χ3n) is 6.07. The molecular weight excluding hydrogens is 402 g/mol. The summed E-state index contributed by atoms with van der Waals surface area (Å²) in [7, 11) is 0. The average Bonchev–Trinajstić information content (AvgIpc) is 3.02. The molecular formula is C23H16F2N4O2. The molecule has 0 aromatic heterocycles. The Morgan fingerprint density at radius 1 is 1.06 bits per heavy atom. The van der Waals surface area contributed by atoms with Gasteiger partial charge in [0, 0.05) is 34.6 Å². The number of nitrogens with zero attached hydrogens (tertiary/aromatic N) is 2. The summed E-state index contributed by atoms with van der Waals surface area (Å²) in [5, 5.41) is 12.8. The van der Waals surface area contributed by atoms with Crippen LogP contribution in [0.15, 0.2) is 65.1 Å². The molecule has 2 aromatic carbocycles. The van der Waals surface area contributed by atoms with Gasteiger partial charge in [-0.25, -0.2) is 8.78 Å². The van der Waals surface area contributed by atoms with Gasteiger partial charge in [-0.05, 0) is 55.3 Å². The molecule has 0 fully saturated rings. The van der Waals surface area contributed by atoms with E-state index in [-0.39, 0.29) is 34.7 Å². The van der Waals surface area contributed by atoms with E-state index in [9.17, 15) is 23.6 Å². The minimum Gasteiger partial charge on any atom is -0.384 e. The lowest BCUT2D eigenvalue weighted by Crippen LogP contribution is -2.50. The standard InChI is InChI=1S/C23H16F2N4O2/c24-12-4-7-14(8-5-12)29-18-2-1-3-19(30)20(18)23(16(11-26)21(29)27)15-10-13(25)6-9-17(15)28-22(23)31/h4-10H,1-3,27H2,(H,28,31)/t23-/m0/s1. The van der Waals surface area contributed by atoms with Gasteiger partial charge in [-0.3, -0.25) is 14.5 Å². The minimum absolute atomic E-state index is 0.0465. The molecule has 6 nitrogen and oxygen atoms in total. The molecule has 3 N–H and O–H groups in total. The number of rotatable bonds is 1. The van der Waals surface area contributed by atoms with Crippen molar-refractivity contribution in [1.29, 1.82) is 5.26 Å². The highest BCUT2D eigenvalue weighted by molar-refractivity contribution is 6.19. The van der Waals surface area contributed by atoms with Gasteiger partial charge in [0.15, 0.2) is 5.78 Å². The van der Waals surface area contributed by atoms with Gasteiger partial charge >= 0.3 is 0 Å². The van der Waals surface area contributed by atoms with Gasteiger partial charge in [0.1, 0.15) is 28.9 Å². The third kappa shape index (κ3) is 2.40. The number of Topliss-reactive ketones (excluding diaryl/α,β-unsaturated/α-hetero) is 1. The van der Waals surface area contributed by atoms with Gasteiger partial charge in [0.25, 0.3) is 0 Å². The van der Waals surface area contributed by atoms with E-state index < -0.39 is 23.0 Å². The number of fused-ring (bicyclic) bond motifs is 3. The molecule has 154 valence electrons. The first kappa shape index (κ1) is 19.0. The van der Waals surface area contributed by atoms with Gasteiger partial charge in [0.05, 0.1) is 5.57 Å². The van der Waals surface area contributed by atoms with E-state index in [1.165, 1.54) is 41.3 Å². The molecule has 31 heavy (non-hydrogen) atoms. The Labute approximate surface area is 176 Å². The van der Waals surface area contributed by atoms with E-state index >= 15 is 0 Å². The lowest BCUT2D eigenvalue weighted by Gasteiger charge is -2.43. The highest BCUT2D eigenvalue weighted by Gasteiger charge is 2.60. The van der Waals surface area contributed by atoms with Gasteiger partial charge < -0.3 is 11.1 Å². The first-order chi connectivity index (χ1) is 14.9. The van der Waals surface area contributed by atoms with Crippen LogP contribution in [0.3, 0.4) is 0 Å². The van der Waals surface area contributed by atoms with E-state index in [1.807, 2.05) is 6.07 Å². The Morgan fingerprint density at radius 3 is 2.48 bits per heavy atom. The molecule has 0 radical (unpaired) electrons. The number of anilines is 2. The Kier molecular flexibility index (Phi) is 3.99. The second kappa shape index (κ2) is 6.51. The van der Waals surface area contributed by atoms with Gasteiger partial charge in [-0.15, -0.1) is 0 Å². The van der Waals surface area contributed by atoms with Gasteiger partial charge in [-0.1, -0.05) is 0 Å². The Hall–Kier alpha value is -3.99. The van der Waals surface area contributed by atoms with Crippen molar-refractivity contribution in [3.63, 3.8) is 0 Å². The van der Waals surface area contributed by atoms with E-state index in [0.717, 1.165) is 6.07 Å². The summed E-state index contributed by atoms with van der Waals surface area (Å²) in [5.41, 5.74) is 6.02. The molecule has 8 heteroatoms. The number of halogens is 2. The van der Waals surface area contributed by atoms with E-state index in [2.05, 4.69) is 5.32 Å². The lowest BCUT2D eigenvalue weighted by atomic mass is 9.64. The second-order valence-electron chi connectivity index (χ2n) is 7.68. The molecule has 1 aliphatic carbocycles. The SMILES string of the molecule is N#CC1=C(N)N(c2ccc(F)cc2)C2=C(C(=O)CCC2)[C@@]12C(=O)Nc1ccc(F)cc12. The first-order valence-electron chi connectivity index (χ1n) is 9.74. The van der Waals surface area contributed by atoms with Crippen LogP contribution in [0.2, 0.25) is 0 Å². The van der Waals surface area contributed by atoms with Crippen molar-refractivity contribution in [2.45, 2.75) is 24.7 Å². The number of nitrogens with two attached hydrogens (primary N) is 1. The normalized spacial score (nSPS) is 22.4. The molecule has 1 spiro atoms. The fraction of sp³-hybridized carbons (Fsp3) is 0.174. The minimum atomic E-state index is -1.82. The van der Waals surface area contributed by atoms with Crippen LogP contribution in [-0.4, -0.2) is 11.7 Å². The van der Waals surface area contributed by atoms with Crippen LogP contribution in [0.1, 0.15) is 24.8 Å². The monoisotopic (exact) mass is 418 g/mol. The largest absolute Gasteiger partial charge is 0.384 e. The smallest absolute Gasteiger partial charge is 0.245 e. The number of nitriles is 1. The number of carbonyl (C=O) groups is 2. The van der Waals surface area contributed by atoms with Gasteiger partial charge in [-0.2, -0.15) is 5.26 Å². The maximum absolute atomic E-state index is 14.2. The molecule has 0 bridgehead atoms. The van der Waals surface area contributed by atoms with Crippen molar-refractivity contribution >= 4 is 23.1 Å². The summed E-state index contributed by atoms with van der Waals surface area (Å²) in [6.45, 7) is 0. The number of benzene rings is 2. The van der Waals surface area contributed by atoms with Crippen molar-refractivity contribution < 1.29 is 18.4 Å². The zero-order valence-corrected chi connectivity index (χ0v) is 16.2. The van der Waals surface area contributed by atoms with Crippen molar-refractivity contribution in [2.24, 2.45) is 5.73 Å². The lowest BCUT2D eigenvalue weighted by molar-refractivity contribution is -0.122. The number of allylic oxidation sites excluding steroid dienone is 1. The molecule has 3 aliphatic rings. The molecule has 2 aromatic rings. The molecule has 0 saturated heterocycles. The highest BCUT2D eigenvalue weighted by atomic mass is 19.1. The van der Waals surface area contributed by atoms with Crippen LogP contribution in [-0.2, 0) is 15.0 Å². The quantitative estimate of drug-likeness (QED) is 0.740. The van der Waals surface area contributed by atoms with Crippen molar-refractivity contribution in [3.05, 3.63) is 82.3 Å². The summed E-state index contributed by atoms with van der Waals surface area (Å²) in [4.78, 5) is 28.2. The third-order valence-corrected chi connectivity index (χ3v) is 6.07. The fourth-order valence-electron chi connectivity index (χ4n) is 4.85. The zero-order chi connectivity index (χ0) is 21.9. The summed E-state index contributed by atoms with van der Waals surface area (Å²) in [5.74, 6) is -2.02. The zero-order valence-electron chi connectivity index (χ0n) is 16.2. The summed E-state index contributed by atoms with van der Waals surface area (Å²) in [6, 6.07) is 11.2. The average molecular weight is 418 g/mol. The molecule has 5 rings (SSSR count). The molecule has 0 unspecified atom stereocenters. The van der Waals surface area contributed by atoms with Crippen molar-refractivity contribution in [2.75, 3.05) is 10.2 Å². The molecule has 1 amide bonds. The van der Waals surface area contributed by atoms with E-state index in [4.69, 9.17) is 5.73 Å². The molecule has 1 atom stereocenters. The number of hydrogen-bond acceptors (Lipinski definition) is 5. The first-order valence-corrected chi connectivity index (χ1v) is 9.74. The molecule has 2 aliphatic heterocycles. The number of amides is 1. The van der Waals surface area contributed by atoms with Crippen molar-refractivity contribution in [1.82, 2.24) is 0 Å². The summed E-state index contributed by atoms with van der Waals surface area (Å²) < 4.78 is 27.8. The highest BCUT2D eigenvalue weighted by Crippen LogP contribution is 2.55. The van der Waals surface area contributed by atoms with Crippen LogP contribution in [0.4, 0.5) is 20.2 Å². The summed E-state index contributed by atoms with van der Waals surface area (Å²) >= 11 is 0. The Bertz CT molecular complexity index is 1270. The Morgan fingerprint density at radius 2 is 1.77 bits per heavy atom. The molecule has 2 heterocycles. The molecule has 0 saturated carbocycles. The van der Waals surface area contributed by atoms with Crippen LogP contribution >= 0.6 is 0 Å². The number of hydrogen-bond donors (Lipinski definition) is 2. The second-order valence-corrected chi connectivity index (χ2v) is 7.68. The topological polar surface area (TPSA) is 99.2 Å². The van der Waals surface area contributed by atoms with E-state index in [1.54, 1.807) is 0 Å². The number of carbonyl (C=O) groups excluding carboxylic acids is 2. The van der Waals surface area contributed by atoms with Crippen LogP contribution < -0.4 is 16.0 Å². The van der Waals surface area contributed by atoms with Gasteiger partial charge in [0.2, 0.25) is 5.91 Å². The van der Waals surface area contributed by atoms with Crippen molar-refractivity contribution in [3.8, 4) is 6.07 Å². The van der Waals surface area contributed by atoms with E-state index in [0.29, 0.717) is 29.9 Å². The van der Waals surface area contributed by atoms with Crippen LogP contribution in [0.25, 0.3) is 0 Å². The number of ketones is 1.